The second-order valence-corrected chi connectivity index (χ2v) is 5.27. The Kier molecular flexibility index (Phi) is 1.02. The van der Waals surface area contributed by atoms with Crippen molar-refractivity contribution in [3.63, 3.8) is 0 Å². The molecule has 0 aromatic rings. The summed E-state index contributed by atoms with van der Waals surface area (Å²) in [6.45, 7) is 0.481. The number of allylic oxidation sites excluding steroid dienone is 4. The van der Waals surface area contributed by atoms with E-state index in [0.717, 1.165) is 0 Å². The van der Waals surface area contributed by atoms with Crippen molar-refractivity contribution in [3.05, 3.63) is 24.3 Å². The second kappa shape index (κ2) is 1.86. The highest BCUT2D eigenvalue weighted by Crippen LogP contribution is 2.86. The number of rotatable bonds is 2. The molecule has 4 atom stereocenters. The molecule has 0 amide bonds. The summed E-state index contributed by atoms with van der Waals surface area (Å²) in [5, 5.41) is 19.3. The van der Waals surface area contributed by atoms with Gasteiger partial charge in [-0.15, -0.1) is 0 Å². The molecule has 74 valence electrons. The van der Waals surface area contributed by atoms with Crippen LogP contribution in [0.1, 0.15) is 0 Å². The van der Waals surface area contributed by atoms with E-state index in [4.69, 9.17) is 0 Å². The molecular weight excluding hydrogens is 176 g/mol. The van der Waals surface area contributed by atoms with Crippen molar-refractivity contribution in [1.82, 2.24) is 0 Å². The van der Waals surface area contributed by atoms with Crippen LogP contribution in [-0.4, -0.2) is 23.4 Å². The van der Waals surface area contributed by atoms with Gasteiger partial charge in [0.15, 0.2) is 0 Å². The Balaban J connectivity index is 1.87. The van der Waals surface area contributed by atoms with Crippen molar-refractivity contribution in [3.8, 4) is 0 Å². The van der Waals surface area contributed by atoms with Gasteiger partial charge in [-0.2, -0.15) is 0 Å². The normalized spacial score (nSPS) is 65.0. The summed E-state index contributed by atoms with van der Waals surface area (Å²) < 4.78 is 0. The highest BCUT2D eigenvalue weighted by Gasteiger charge is 2.85. The average molecular weight is 190 g/mol. The fourth-order valence-corrected chi connectivity index (χ4v) is 4.84. The van der Waals surface area contributed by atoms with Gasteiger partial charge < -0.3 is 10.2 Å². The van der Waals surface area contributed by atoms with E-state index >= 15 is 0 Å². The summed E-state index contributed by atoms with van der Waals surface area (Å²) in [5.41, 5.74) is 0.0289. The molecule has 0 bridgehead atoms. The zero-order chi connectivity index (χ0) is 9.55. The molecule has 0 spiro atoms. The van der Waals surface area contributed by atoms with Crippen molar-refractivity contribution in [1.29, 1.82) is 0 Å². The Hall–Kier alpha value is -0.600. The first-order valence-corrected chi connectivity index (χ1v) is 5.41. The van der Waals surface area contributed by atoms with Gasteiger partial charge in [-0.25, -0.2) is 0 Å². The van der Waals surface area contributed by atoms with Crippen LogP contribution in [0, 0.1) is 34.5 Å². The first kappa shape index (κ1) is 7.66. The third kappa shape index (κ3) is 0.388. The van der Waals surface area contributed by atoms with Gasteiger partial charge in [-0.1, -0.05) is 24.3 Å². The fraction of sp³-hybridized carbons (Fsp3) is 0.667. The van der Waals surface area contributed by atoms with Gasteiger partial charge in [0.2, 0.25) is 0 Å². The van der Waals surface area contributed by atoms with Gasteiger partial charge in [0.05, 0.1) is 13.2 Å². The van der Waals surface area contributed by atoms with Crippen molar-refractivity contribution >= 4 is 0 Å². The predicted octanol–water partition coefficient (Wildman–Crippen LogP) is 0.575. The fourth-order valence-electron chi connectivity index (χ4n) is 4.84. The highest BCUT2D eigenvalue weighted by molar-refractivity contribution is 5.47. The molecule has 4 aliphatic rings. The molecule has 2 nitrogen and oxygen atoms in total. The van der Waals surface area contributed by atoms with Crippen molar-refractivity contribution < 1.29 is 10.2 Å². The Labute approximate surface area is 82.9 Å². The summed E-state index contributed by atoms with van der Waals surface area (Å²) in [5.74, 6) is 2.19. The summed E-state index contributed by atoms with van der Waals surface area (Å²) in [6, 6.07) is 0. The van der Waals surface area contributed by atoms with Crippen LogP contribution >= 0.6 is 0 Å². The van der Waals surface area contributed by atoms with E-state index in [1.54, 1.807) is 0 Å². The molecule has 0 saturated heterocycles. The van der Waals surface area contributed by atoms with Crippen LogP contribution < -0.4 is 0 Å². The Morgan fingerprint density at radius 2 is 1.00 bits per heavy atom. The van der Waals surface area contributed by atoms with Crippen LogP contribution in [-0.2, 0) is 0 Å². The second-order valence-electron chi connectivity index (χ2n) is 5.27. The number of aliphatic hydroxyl groups is 2. The maximum Gasteiger partial charge on any atom is 0.0505 e. The van der Waals surface area contributed by atoms with Crippen molar-refractivity contribution in [2.24, 2.45) is 34.5 Å². The first-order valence-electron chi connectivity index (χ1n) is 5.41. The minimum Gasteiger partial charge on any atom is -0.396 e. The van der Waals surface area contributed by atoms with Crippen LogP contribution in [0.2, 0.25) is 0 Å². The number of fused-ring (bicyclic) bond motifs is 7. The summed E-state index contributed by atoms with van der Waals surface area (Å²) in [4.78, 5) is 0. The quantitative estimate of drug-likeness (QED) is 0.625. The summed E-state index contributed by atoms with van der Waals surface area (Å²) in [6.07, 6.45) is 8.88. The van der Waals surface area contributed by atoms with Gasteiger partial charge in [0.1, 0.15) is 0 Å². The standard InChI is InChI=1S/C12H14O2/c13-5-11-7-1-2-8(7)12(11,6-14)10-4-3-9(10)11/h1-4,7-10,13-14H,5-6H2. The minimum absolute atomic E-state index is 0.0145. The van der Waals surface area contributed by atoms with E-state index in [0.29, 0.717) is 23.7 Å². The number of aliphatic hydroxyl groups excluding tert-OH is 2. The van der Waals surface area contributed by atoms with E-state index in [9.17, 15) is 10.2 Å². The van der Waals surface area contributed by atoms with Gasteiger partial charge in [-0.3, -0.25) is 0 Å². The summed E-state index contributed by atoms with van der Waals surface area (Å²) in [7, 11) is 0. The van der Waals surface area contributed by atoms with E-state index in [-0.39, 0.29) is 24.0 Å². The highest BCUT2D eigenvalue weighted by atomic mass is 16.3. The number of hydrogen-bond acceptors (Lipinski definition) is 2. The molecule has 0 aliphatic heterocycles. The lowest BCUT2D eigenvalue weighted by Crippen LogP contribution is -2.85. The molecule has 14 heavy (non-hydrogen) atoms. The molecule has 4 rings (SSSR count). The zero-order valence-electron chi connectivity index (χ0n) is 7.93. The van der Waals surface area contributed by atoms with Crippen molar-refractivity contribution in [2.75, 3.05) is 13.2 Å². The molecule has 0 heterocycles. The monoisotopic (exact) mass is 190 g/mol. The smallest absolute Gasteiger partial charge is 0.0505 e. The zero-order valence-corrected chi connectivity index (χ0v) is 7.93. The maximum absolute atomic E-state index is 9.63. The van der Waals surface area contributed by atoms with Crippen LogP contribution in [0.3, 0.4) is 0 Å². The lowest BCUT2D eigenvalue weighted by Gasteiger charge is -2.85. The van der Waals surface area contributed by atoms with E-state index in [1.807, 2.05) is 0 Å². The largest absolute Gasteiger partial charge is 0.396 e. The topological polar surface area (TPSA) is 40.5 Å². The minimum atomic E-state index is 0.0145. The molecule has 2 N–H and O–H groups in total. The van der Waals surface area contributed by atoms with Gasteiger partial charge in [0, 0.05) is 10.8 Å². The van der Waals surface area contributed by atoms with Crippen LogP contribution in [0.4, 0.5) is 0 Å². The SMILES string of the molecule is OCC12C3C=CC3C1(CO)C1C=CC12. The molecule has 2 saturated carbocycles. The maximum atomic E-state index is 9.63. The average Bonchev–Trinajstić information content (AvgIpc) is 2.10. The molecule has 0 aromatic carbocycles. The molecule has 2 fully saturated rings. The van der Waals surface area contributed by atoms with Crippen LogP contribution in [0.25, 0.3) is 0 Å². The molecular formula is C12H14O2. The molecule has 4 unspecified atom stereocenters. The van der Waals surface area contributed by atoms with Crippen LogP contribution in [0.15, 0.2) is 24.3 Å². The van der Waals surface area contributed by atoms with Gasteiger partial charge >= 0.3 is 0 Å². The third-order valence-electron chi connectivity index (χ3n) is 5.59. The van der Waals surface area contributed by atoms with Crippen LogP contribution in [0.5, 0.6) is 0 Å². The lowest BCUT2D eigenvalue weighted by molar-refractivity contribution is -0.359. The predicted molar refractivity (Wildman–Crippen MR) is 51.3 cm³/mol. The molecule has 0 radical (unpaired) electrons. The van der Waals surface area contributed by atoms with Crippen molar-refractivity contribution in [2.45, 2.75) is 0 Å². The van der Waals surface area contributed by atoms with E-state index in [2.05, 4.69) is 24.3 Å². The van der Waals surface area contributed by atoms with E-state index in [1.165, 1.54) is 0 Å². The van der Waals surface area contributed by atoms with E-state index < -0.39 is 0 Å². The van der Waals surface area contributed by atoms with Gasteiger partial charge in [-0.05, 0) is 23.7 Å². The Morgan fingerprint density at radius 1 is 0.714 bits per heavy atom. The molecule has 4 aliphatic carbocycles. The Morgan fingerprint density at radius 3 is 1.14 bits per heavy atom. The molecule has 2 heteroatoms. The van der Waals surface area contributed by atoms with Gasteiger partial charge in [0.25, 0.3) is 0 Å². The molecule has 0 aromatic heterocycles. The first-order chi connectivity index (χ1) is 6.83. The summed E-state index contributed by atoms with van der Waals surface area (Å²) >= 11 is 0. The lowest BCUT2D eigenvalue weighted by atomic mass is 9.18. The third-order valence-corrected chi connectivity index (χ3v) is 5.59. The number of hydrogen-bond donors (Lipinski definition) is 2. The Bertz CT molecular complexity index is 309.